The van der Waals surface area contributed by atoms with Gasteiger partial charge in [-0.25, -0.2) is 4.98 Å². The first kappa shape index (κ1) is 22.2. The molecule has 34 heavy (non-hydrogen) atoms. The molecule has 0 unspecified atom stereocenters. The van der Waals surface area contributed by atoms with Crippen molar-refractivity contribution in [1.29, 1.82) is 0 Å². The number of benzene rings is 2. The molecule has 7 heteroatoms. The summed E-state index contributed by atoms with van der Waals surface area (Å²) >= 11 is 0. The van der Waals surface area contributed by atoms with Gasteiger partial charge in [0.1, 0.15) is 5.52 Å². The second kappa shape index (κ2) is 10.6. The lowest BCUT2D eigenvalue weighted by Crippen LogP contribution is -2.36. The fourth-order valence-electron chi connectivity index (χ4n) is 4.69. The summed E-state index contributed by atoms with van der Waals surface area (Å²) in [7, 11) is 0. The SMILES string of the molecule is O=C(NCCCN1CCC(Cc2ccccc2)CC1)c1cccc(-n2nnc3cccnc32)c1. The summed E-state index contributed by atoms with van der Waals surface area (Å²) in [5.41, 5.74) is 4.22. The number of amides is 1. The second-order valence-corrected chi connectivity index (χ2v) is 8.98. The molecule has 4 aromatic rings. The summed E-state index contributed by atoms with van der Waals surface area (Å²) in [6.45, 7) is 3.98. The molecule has 5 rings (SSSR count). The molecule has 0 atom stereocenters. The number of hydrogen-bond acceptors (Lipinski definition) is 5. The van der Waals surface area contributed by atoms with E-state index in [1.54, 1.807) is 10.9 Å². The highest BCUT2D eigenvalue weighted by atomic mass is 16.1. The summed E-state index contributed by atoms with van der Waals surface area (Å²) in [5.74, 6) is 0.712. The number of nitrogens with zero attached hydrogens (tertiary/aromatic N) is 5. The number of nitrogens with one attached hydrogen (secondary N) is 1. The van der Waals surface area contributed by atoms with Gasteiger partial charge in [0, 0.05) is 18.3 Å². The van der Waals surface area contributed by atoms with E-state index in [1.165, 1.54) is 24.8 Å². The molecule has 0 radical (unpaired) electrons. The van der Waals surface area contributed by atoms with Crippen molar-refractivity contribution in [3.05, 3.63) is 84.1 Å². The molecular formula is C27H30N6O. The van der Waals surface area contributed by atoms with Gasteiger partial charge in [0.05, 0.1) is 5.69 Å². The third-order valence-corrected chi connectivity index (χ3v) is 6.57. The van der Waals surface area contributed by atoms with Gasteiger partial charge in [0.2, 0.25) is 0 Å². The number of rotatable bonds is 8. The smallest absolute Gasteiger partial charge is 0.251 e. The van der Waals surface area contributed by atoms with Crippen molar-refractivity contribution in [3.63, 3.8) is 0 Å². The van der Waals surface area contributed by atoms with Crippen LogP contribution in [0.2, 0.25) is 0 Å². The minimum atomic E-state index is -0.0687. The predicted molar refractivity (Wildman–Crippen MR) is 133 cm³/mol. The second-order valence-electron chi connectivity index (χ2n) is 8.98. The van der Waals surface area contributed by atoms with Crippen LogP contribution in [0.3, 0.4) is 0 Å². The quantitative estimate of drug-likeness (QED) is 0.409. The summed E-state index contributed by atoms with van der Waals surface area (Å²) in [6, 6.07) is 21.9. The highest BCUT2D eigenvalue weighted by molar-refractivity contribution is 5.94. The highest BCUT2D eigenvalue weighted by Crippen LogP contribution is 2.21. The molecule has 0 saturated carbocycles. The standard InChI is InChI=1S/C27H30N6O/c34-27(23-9-4-10-24(20-23)33-26-25(30-31-33)11-5-14-28-26)29-15-6-16-32-17-12-22(13-18-32)19-21-7-2-1-3-8-21/h1-5,7-11,14,20,22H,6,12-13,15-19H2,(H,29,34). The monoisotopic (exact) mass is 454 g/mol. The summed E-state index contributed by atoms with van der Waals surface area (Å²) < 4.78 is 1.66. The molecule has 2 aromatic carbocycles. The van der Waals surface area contributed by atoms with Gasteiger partial charge < -0.3 is 10.2 Å². The van der Waals surface area contributed by atoms with Gasteiger partial charge in [0.15, 0.2) is 5.65 Å². The van der Waals surface area contributed by atoms with Crippen molar-refractivity contribution in [3.8, 4) is 5.69 Å². The third kappa shape index (κ3) is 5.31. The number of carbonyl (C=O) groups is 1. The maximum absolute atomic E-state index is 12.7. The zero-order valence-electron chi connectivity index (χ0n) is 19.3. The van der Waals surface area contributed by atoms with Gasteiger partial charge in [-0.05, 0) is 87.1 Å². The molecule has 7 nitrogen and oxygen atoms in total. The zero-order chi connectivity index (χ0) is 23.2. The van der Waals surface area contributed by atoms with E-state index < -0.39 is 0 Å². The topological polar surface area (TPSA) is 75.9 Å². The van der Waals surface area contributed by atoms with E-state index in [9.17, 15) is 4.79 Å². The van der Waals surface area contributed by atoms with Gasteiger partial charge >= 0.3 is 0 Å². The number of aromatic nitrogens is 4. The van der Waals surface area contributed by atoms with Crippen LogP contribution in [0.25, 0.3) is 16.9 Å². The number of fused-ring (bicyclic) bond motifs is 1. The molecular weight excluding hydrogens is 424 g/mol. The fraction of sp³-hybridized carbons (Fsp3) is 0.333. The Labute approximate surface area is 199 Å². The Kier molecular flexibility index (Phi) is 6.91. The van der Waals surface area contributed by atoms with Gasteiger partial charge in [0.25, 0.3) is 5.91 Å². The Balaban J connectivity index is 1.07. The Morgan fingerprint density at radius 2 is 1.85 bits per heavy atom. The predicted octanol–water partition coefficient (Wildman–Crippen LogP) is 3.89. The lowest BCUT2D eigenvalue weighted by Gasteiger charge is -2.32. The lowest BCUT2D eigenvalue weighted by molar-refractivity contribution is 0.0950. The van der Waals surface area contributed by atoms with E-state index in [-0.39, 0.29) is 5.91 Å². The molecule has 1 aliphatic rings. The van der Waals surface area contributed by atoms with Gasteiger partial charge in [-0.3, -0.25) is 4.79 Å². The molecule has 1 N–H and O–H groups in total. The average Bonchev–Trinajstić information content (AvgIpc) is 3.32. The van der Waals surface area contributed by atoms with Crippen LogP contribution in [-0.4, -0.2) is 57.0 Å². The molecule has 0 bridgehead atoms. The highest BCUT2D eigenvalue weighted by Gasteiger charge is 2.19. The molecule has 2 aromatic heterocycles. The van der Waals surface area contributed by atoms with E-state index in [4.69, 9.17) is 0 Å². The summed E-state index contributed by atoms with van der Waals surface area (Å²) in [6.07, 6.45) is 6.35. The summed E-state index contributed by atoms with van der Waals surface area (Å²) in [5, 5.41) is 11.4. The Morgan fingerprint density at radius 1 is 1.00 bits per heavy atom. The maximum atomic E-state index is 12.7. The minimum Gasteiger partial charge on any atom is -0.352 e. The van der Waals surface area contributed by atoms with Crippen LogP contribution >= 0.6 is 0 Å². The lowest BCUT2D eigenvalue weighted by atomic mass is 9.90. The number of piperidine rings is 1. The normalized spacial score (nSPS) is 14.9. The Morgan fingerprint density at radius 3 is 2.71 bits per heavy atom. The first-order valence-corrected chi connectivity index (χ1v) is 12.1. The Hall–Kier alpha value is -3.58. The number of pyridine rings is 1. The first-order valence-electron chi connectivity index (χ1n) is 12.1. The van der Waals surface area contributed by atoms with Crippen molar-refractivity contribution in [2.24, 2.45) is 5.92 Å². The van der Waals surface area contributed by atoms with Crippen LogP contribution in [0, 0.1) is 5.92 Å². The van der Waals surface area contributed by atoms with Crippen LogP contribution in [0.4, 0.5) is 0 Å². The van der Waals surface area contributed by atoms with E-state index in [1.807, 2.05) is 36.4 Å². The molecule has 0 spiro atoms. The molecule has 1 fully saturated rings. The van der Waals surface area contributed by atoms with Gasteiger partial charge in [-0.15, -0.1) is 5.10 Å². The number of hydrogen-bond donors (Lipinski definition) is 1. The molecule has 1 aliphatic heterocycles. The van der Waals surface area contributed by atoms with Gasteiger partial charge in [-0.2, -0.15) is 4.68 Å². The van der Waals surface area contributed by atoms with E-state index >= 15 is 0 Å². The maximum Gasteiger partial charge on any atom is 0.251 e. The molecule has 0 aliphatic carbocycles. The Bertz CT molecular complexity index is 1230. The van der Waals surface area contributed by atoms with Crippen molar-refractivity contribution in [2.45, 2.75) is 25.7 Å². The van der Waals surface area contributed by atoms with Crippen molar-refractivity contribution in [1.82, 2.24) is 30.2 Å². The van der Waals surface area contributed by atoms with Crippen LogP contribution < -0.4 is 5.32 Å². The van der Waals surface area contributed by atoms with E-state index in [0.29, 0.717) is 17.8 Å². The van der Waals surface area contributed by atoms with Crippen LogP contribution in [0.15, 0.2) is 72.9 Å². The summed E-state index contributed by atoms with van der Waals surface area (Å²) in [4.78, 5) is 19.6. The number of carbonyl (C=O) groups excluding carboxylic acids is 1. The van der Waals surface area contributed by atoms with Crippen LogP contribution in [-0.2, 0) is 6.42 Å². The first-order chi connectivity index (χ1) is 16.8. The fourth-order valence-corrected chi connectivity index (χ4v) is 4.69. The molecule has 1 saturated heterocycles. The van der Waals surface area contributed by atoms with E-state index in [0.717, 1.165) is 43.2 Å². The average molecular weight is 455 g/mol. The molecule has 3 heterocycles. The van der Waals surface area contributed by atoms with Crippen molar-refractivity contribution < 1.29 is 4.79 Å². The van der Waals surface area contributed by atoms with Gasteiger partial charge in [-0.1, -0.05) is 41.6 Å². The van der Waals surface area contributed by atoms with Crippen LogP contribution in [0.1, 0.15) is 35.2 Å². The molecule has 1 amide bonds. The number of likely N-dealkylation sites (tertiary alicyclic amines) is 1. The largest absolute Gasteiger partial charge is 0.352 e. The van der Waals surface area contributed by atoms with Crippen molar-refractivity contribution >= 4 is 17.1 Å². The zero-order valence-corrected chi connectivity index (χ0v) is 19.3. The minimum absolute atomic E-state index is 0.0687. The van der Waals surface area contributed by atoms with E-state index in [2.05, 4.69) is 55.8 Å². The van der Waals surface area contributed by atoms with Crippen LogP contribution in [0.5, 0.6) is 0 Å². The molecule has 174 valence electrons. The van der Waals surface area contributed by atoms with Crippen molar-refractivity contribution in [2.75, 3.05) is 26.2 Å². The third-order valence-electron chi connectivity index (χ3n) is 6.57.